The van der Waals surface area contributed by atoms with E-state index in [0.717, 1.165) is 0 Å². The molecule has 1 heterocycles. The molecule has 2 nitrogen and oxygen atoms in total. The van der Waals surface area contributed by atoms with Gasteiger partial charge in [0.2, 0.25) is 0 Å². The molecule has 1 rings (SSSR count). The fourth-order valence-corrected chi connectivity index (χ4v) is 2.06. The summed E-state index contributed by atoms with van der Waals surface area (Å²) in [5.74, 6) is 0. The first-order chi connectivity index (χ1) is 5.70. The van der Waals surface area contributed by atoms with Crippen LogP contribution < -0.4 is 0 Å². The second-order valence-corrected chi connectivity index (χ2v) is 5.47. The minimum Gasteiger partial charge on any atom is -0.392 e. The molecule has 0 spiro atoms. The molecular formula is C11H22AcO2. The van der Waals surface area contributed by atoms with Gasteiger partial charge in [-0.15, -0.1) is 0 Å². The quantitative estimate of drug-likeness (QED) is 0.660. The maximum atomic E-state index is 10.2. The number of aliphatic hydroxyl groups is 1. The van der Waals surface area contributed by atoms with Gasteiger partial charge in [-0.05, 0) is 13.8 Å². The van der Waals surface area contributed by atoms with E-state index in [1.165, 1.54) is 0 Å². The molecule has 14 heavy (non-hydrogen) atoms. The summed E-state index contributed by atoms with van der Waals surface area (Å²) >= 11 is 0. The largest absolute Gasteiger partial charge is 0.392 e. The number of ether oxygens (including phenoxy) is 1. The van der Waals surface area contributed by atoms with E-state index >= 15 is 0 Å². The Morgan fingerprint density at radius 1 is 0.929 bits per heavy atom. The number of aliphatic hydroxyl groups excluding tert-OH is 1. The second kappa shape index (κ2) is 4.70. The Bertz CT molecular complexity index is 181. The predicted molar refractivity (Wildman–Crippen MR) is 53.6 cm³/mol. The molecule has 1 aliphatic heterocycles. The van der Waals surface area contributed by atoms with E-state index in [1.54, 1.807) is 0 Å². The molecule has 1 N–H and O–H groups in total. The van der Waals surface area contributed by atoms with Crippen LogP contribution in [0.2, 0.25) is 0 Å². The van der Waals surface area contributed by atoms with Crippen molar-refractivity contribution in [2.45, 2.75) is 59.9 Å². The molecule has 0 aromatic heterocycles. The first-order valence-electron chi connectivity index (χ1n) is 5.04. The minimum absolute atomic E-state index is 0. The third-order valence-electron chi connectivity index (χ3n) is 3.91. The van der Waals surface area contributed by atoms with Gasteiger partial charge >= 0.3 is 0 Å². The normalized spacial score (nSPS) is 40.1. The van der Waals surface area contributed by atoms with Crippen LogP contribution in [0.3, 0.4) is 0 Å². The van der Waals surface area contributed by atoms with Crippen LogP contribution in [0.5, 0.6) is 0 Å². The zero-order chi connectivity index (χ0) is 10.4. The van der Waals surface area contributed by atoms with Gasteiger partial charge < -0.3 is 9.84 Å². The summed E-state index contributed by atoms with van der Waals surface area (Å²) in [5.41, 5.74) is -0.313. The van der Waals surface area contributed by atoms with Crippen LogP contribution in [0.1, 0.15) is 41.5 Å². The van der Waals surface area contributed by atoms with Gasteiger partial charge in [0.1, 0.15) is 0 Å². The summed E-state index contributed by atoms with van der Waals surface area (Å²) in [5, 5.41) is 10.2. The summed E-state index contributed by atoms with van der Waals surface area (Å²) in [6.45, 7) is 12.3. The third kappa shape index (κ3) is 2.37. The van der Waals surface area contributed by atoms with Crippen molar-refractivity contribution in [1.29, 1.82) is 0 Å². The molecule has 0 aliphatic carbocycles. The third-order valence-corrected chi connectivity index (χ3v) is 3.91. The number of hydrogen-bond donors (Lipinski definition) is 1. The molecule has 0 saturated carbocycles. The SMILES string of the molecule is CC1OC(C)C(C)(C)C(O)C1(C)C.[Ac]. The Hall–Kier alpha value is 1.36. The molecular weight excluding hydrogens is 391 g/mol. The Labute approximate surface area is 123 Å². The van der Waals surface area contributed by atoms with Crippen molar-refractivity contribution in [1.82, 2.24) is 0 Å². The van der Waals surface area contributed by atoms with Crippen molar-refractivity contribution in [2.75, 3.05) is 0 Å². The van der Waals surface area contributed by atoms with Gasteiger partial charge in [-0.1, -0.05) is 27.7 Å². The average Bonchev–Trinajstić information content (AvgIpc) is 2.00. The monoisotopic (exact) mass is 413 g/mol. The zero-order valence-electron chi connectivity index (χ0n) is 10.2. The Morgan fingerprint density at radius 3 is 1.50 bits per heavy atom. The van der Waals surface area contributed by atoms with Gasteiger partial charge in [-0.2, -0.15) is 0 Å². The van der Waals surface area contributed by atoms with Crippen molar-refractivity contribution < 1.29 is 53.9 Å². The fourth-order valence-electron chi connectivity index (χ4n) is 2.06. The molecule has 3 heteroatoms. The molecule has 2 atom stereocenters. The first kappa shape index (κ1) is 15.4. The van der Waals surface area contributed by atoms with Crippen LogP contribution in [0, 0.1) is 54.9 Å². The summed E-state index contributed by atoms with van der Waals surface area (Å²) in [7, 11) is 0. The smallest absolute Gasteiger partial charge is 0.0691 e. The standard InChI is InChI=1S/C11H22O2.Ac/c1-7-10(3,4)9(12)11(5,6)8(2)13-7;/h7-9,12H,1-6H3;. The van der Waals surface area contributed by atoms with Crippen LogP contribution in [0.25, 0.3) is 0 Å². The van der Waals surface area contributed by atoms with Gasteiger partial charge in [0.15, 0.2) is 0 Å². The molecule has 0 bridgehead atoms. The molecule has 0 aromatic rings. The molecule has 1 fully saturated rings. The van der Waals surface area contributed by atoms with Gasteiger partial charge in [0.25, 0.3) is 0 Å². The fraction of sp³-hybridized carbons (Fsp3) is 1.00. The summed E-state index contributed by atoms with van der Waals surface area (Å²) < 4.78 is 5.83. The van der Waals surface area contributed by atoms with Crippen LogP contribution in [-0.2, 0) is 4.74 Å². The van der Waals surface area contributed by atoms with Crippen LogP contribution in [-0.4, -0.2) is 23.4 Å². The topological polar surface area (TPSA) is 29.5 Å². The van der Waals surface area contributed by atoms with Crippen molar-refractivity contribution in [3.8, 4) is 0 Å². The summed E-state index contributed by atoms with van der Waals surface area (Å²) in [4.78, 5) is 0. The Morgan fingerprint density at radius 2 is 1.21 bits per heavy atom. The van der Waals surface area contributed by atoms with Crippen molar-refractivity contribution in [2.24, 2.45) is 10.8 Å². The van der Waals surface area contributed by atoms with Crippen molar-refractivity contribution in [3.63, 3.8) is 0 Å². The van der Waals surface area contributed by atoms with Gasteiger partial charge in [-0.3, -0.25) is 0 Å². The van der Waals surface area contributed by atoms with Crippen LogP contribution >= 0.6 is 0 Å². The van der Waals surface area contributed by atoms with Gasteiger partial charge in [0.05, 0.1) is 18.3 Å². The maximum Gasteiger partial charge on any atom is 0.0691 e. The van der Waals surface area contributed by atoms with Gasteiger partial charge in [0, 0.05) is 54.9 Å². The second-order valence-electron chi connectivity index (χ2n) is 5.47. The molecule has 1 radical (unpaired) electrons. The predicted octanol–water partition coefficient (Wildman–Crippen LogP) is 2.21. The number of hydrogen-bond acceptors (Lipinski definition) is 2. The van der Waals surface area contributed by atoms with E-state index in [2.05, 4.69) is 27.7 Å². The Balaban J connectivity index is 0.00000169. The van der Waals surface area contributed by atoms with Crippen molar-refractivity contribution >= 4 is 0 Å². The van der Waals surface area contributed by atoms with E-state index < -0.39 is 0 Å². The number of rotatable bonds is 0. The summed E-state index contributed by atoms with van der Waals surface area (Å²) in [6, 6.07) is 0. The molecule has 1 aliphatic rings. The first-order valence-corrected chi connectivity index (χ1v) is 5.04. The van der Waals surface area contributed by atoms with E-state index in [9.17, 15) is 5.11 Å². The van der Waals surface area contributed by atoms with Gasteiger partial charge in [-0.25, -0.2) is 0 Å². The molecule has 81 valence electrons. The molecule has 0 amide bonds. The van der Waals surface area contributed by atoms with E-state index in [4.69, 9.17) is 4.74 Å². The molecule has 0 aromatic carbocycles. The van der Waals surface area contributed by atoms with E-state index in [-0.39, 0.29) is 73.2 Å². The minimum atomic E-state index is -0.307. The van der Waals surface area contributed by atoms with E-state index in [0.29, 0.717) is 0 Å². The van der Waals surface area contributed by atoms with E-state index in [1.807, 2.05) is 13.8 Å². The molecule has 1 saturated heterocycles. The molecule has 2 unspecified atom stereocenters. The van der Waals surface area contributed by atoms with Crippen LogP contribution in [0.4, 0.5) is 0 Å². The van der Waals surface area contributed by atoms with Crippen molar-refractivity contribution in [3.05, 3.63) is 0 Å². The zero-order valence-corrected chi connectivity index (χ0v) is 14.9. The maximum absolute atomic E-state index is 10.2. The average molecular weight is 413 g/mol. The Kier molecular flexibility index (Phi) is 5.15. The van der Waals surface area contributed by atoms with Crippen LogP contribution in [0.15, 0.2) is 0 Å². The summed E-state index contributed by atoms with van der Waals surface area (Å²) in [6.07, 6.45) is -0.0743.